The van der Waals surface area contributed by atoms with Crippen LogP contribution in [0.3, 0.4) is 0 Å². The summed E-state index contributed by atoms with van der Waals surface area (Å²) in [6.07, 6.45) is 4.03. The van der Waals surface area contributed by atoms with Crippen molar-refractivity contribution in [3.05, 3.63) is 188 Å². The van der Waals surface area contributed by atoms with Crippen LogP contribution in [0, 0.1) is 0 Å². The van der Waals surface area contributed by atoms with Crippen molar-refractivity contribution in [1.29, 1.82) is 0 Å². The Morgan fingerprint density at radius 3 is 1.52 bits per heavy atom. The summed E-state index contributed by atoms with van der Waals surface area (Å²) in [5.74, 6) is 3.25. The minimum Gasteiger partial charge on any atom is -0.453 e. The fourth-order valence-corrected chi connectivity index (χ4v) is 7.49. The molecule has 0 aliphatic carbocycles. The molecule has 0 amide bonds. The van der Waals surface area contributed by atoms with E-state index in [1.54, 1.807) is 0 Å². The van der Waals surface area contributed by atoms with E-state index in [1.807, 2.05) is 107 Å². The summed E-state index contributed by atoms with van der Waals surface area (Å²) in [7, 11) is 0. The molecule has 0 atom stereocenters. The number of aromatic nitrogens is 3. The number of hydrogen-bond donors (Lipinski definition) is 2. The Hall–Kier alpha value is -7.82. The molecule has 0 radical (unpaired) electrons. The van der Waals surface area contributed by atoms with Crippen molar-refractivity contribution in [3.8, 4) is 39.9 Å². The van der Waals surface area contributed by atoms with Crippen LogP contribution >= 0.6 is 0 Å². The Kier molecular flexibility index (Phi) is 7.32. The van der Waals surface area contributed by atoms with Gasteiger partial charge in [0.2, 0.25) is 0 Å². The second kappa shape index (κ2) is 12.9. The Labute approximate surface area is 322 Å². The van der Waals surface area contributed by atoms with E-state index in [0.717, 1.165) is 91.0 Å². The minimum atomic E-state index is 0.765. The summed E-state index contributed by atoms with van der Waals surface area (Å²) in [6, 6.07) is 57.4. The van der Waals surface area contributed by atoms with Gasteiger partial charge in [-0.25, -0.2) is 4.68 Å². The molecule has 0 saturated heterocycles. The SMILES string of the molecule is C1=C(c2cccc(-c3cn(-c4cccc(N5c6ccccc6Oc6ccccc65)c4)nn3)c2)NNN1c1cccc(N2c3ccccc3Oc3ccccc32)c1. The van der Waals surface area contributed by atoms with Gasteiger partial charge in [-0.2, -0.15) is 0 Å². The Balaban J connectivity index is 0.865. The molecule has 56 heavy (non-hydrogen) atoms. The number of ether oxygens (including phenoxy) is 2. The first-order valence-electron chi connectivity index (χ1n) is 18.3. The van der Waals surface area contributed by atoms with Crippen LogP contribution in [0.15, 0.2) is 182 Å². The largest absolute Gasteiger partial charge is 0.453 e. The summed E-state index contributed by atoms with van der Waals surface area (Å²) < 4.78 is 14.3. The van der Waals surface area contributed by atoms with E-state index in [0.29, 0.717) is 0 Å². The second-order valence-corrected chi connectivity index (χ2v) is 13.6. The maximum absolute atomic E-state index is 6.24. The first-order valence-corrected chi connectivity index (χ1v) is 18.3. The van der Waals surface area contributed by atoms with Crippen molar-refractivity contribution in [3.63, 3.8) is 0 Å². The molecule has 1 aromatic heterocycles. The summed E-state index contributed by atoms with van der Waals surface area (Å²) >= 11 is 0. The normalized spacial score (nSPS) is 13.7. The molecule has 3 aliphatic heterocycles. The Morgan fingerprint density at radius 2 is 0.929 bits per heavy atom. The zero-order valence-electron chi connectivity index (χ0n) is 29.8. The van der Waals surface area contributed by atoms with Crippen LogP contribution in [0.2, 0.25) is 0 Å². The molecule has 3 aliphatic rings. The molecule has 10 nitrogen and oxygen atoms in total. The molecule has 0 spiro atoms. The van der Waals surface area contributed by atoms with E-state index in [-0.39, 0.29) is 0 Å². The predicted octanol–water partition coefficient (Wildman–Crippen LogP) is 10.9. The van der Waals surface area contributed by atoms with Crippen LogP contribution in [0.4, 0.5) is 39.8 Å². The third-order valence-corrected chi connectivity index (χ3v) is 10.1. The van der Waals surface area contributed by atoms with Crippen molar-refractivity contribution >= 4 is 45.5 Å². The molecule has 0 saturated carbocycles. The standard InChI is InChI=1S/C46H32N8O2/c1-5-22-43-39(18-1)53(40-19-2-6-23-44(40)55-43)35-16-10-14-33(27-35)51-29-37(47-49-51)31-12-9-13-32(26-31)38-30-52(50-48-38)34-15-11-17-36(28-34)54-41-20-3-7-24-45(41)56-46-25-8-4-21-42(46)54/h1-30,47,49H. The third kappa shape index (κ3) is 5.40. The highest BCUT2D eigenvalue weighted by atomic mass is 16.5. The lowest BCUT2D eigenvalue weighted by Crippen LogP contribution is -2.36. The number of fused-ring (bicyclic) bond motifs is 4. The van der Waals surface area contributed by atoms with Crippen LogP contribution in [-0.4, -0.2) is 15.0 Å². The van der Waals surface area contributed by atoms with Crippen LogP contribution in [0.1, 0.15) is 5.56 Å². The Morgan fingerprint density at radius 1 is 0.446 bits per heavy atom. The number of hydrazine groups is 2. The number of nitrogens with zero attached hydrogens (tertiary/aromatic N) is 6. The molecule has 10 heteroatoms. The molecule has 8 aromatic rings. The molecule has 4 heterocycles. The van der Waals surface area contributed by atoms with Gasteiger partial charge in [0.05, 0.1) is 46.0 Å². The maximum atomic E-state index is 6.24. The van der Waals surface area contributed by atoms with E-state index in [4.69, 9.17) is 9.47 Å². The number of benzene rings is 7. The first kappa shape index (κ1) is 31.7. The lowest BCUT2D eigenvalue weighted by Gasteiger charge is -2.33. The minimum absolute atomic E-state index is 0.765. The smallest absolute Gasteiger partial charge is 0.151 e. The van der Waals surface area contributed by atoms with E-state index < -0.39 is 0 Å². The van der Waals surface area contributed by atoms with E-state index in [1.165, 1.54) is 0 Å². The van der Waals surface area contributed by atoms with Crippen LogP contribution in [-0.2, 0) is 0 Å². The van der Waals surface area contributed by atoms with E-state index in [9.17, 15) is 0 Å². The topological polar surface area (TPSA) is 82.9 Å². The summed E-state index contributed by atoms with van der Waals surface area (Å²) in [6.45, 7) is 0. The van der Waals surface area contributed by atoms with Gasteiger partial charge in [-0.3, -0.25) is 5.01 Å². The second-order valence-electron chi connectivity index (χ2n) is 13.6. The fourth-order valence-electron chi connectivity index (χ4n) is 7.49. The highest BCUT2D eigenvalue weighted by molar-refractivity contribution is 5.88. The monoisotopic (exact) mass is 728 g/mol. The average Bonchev–Trinajstić information content (AvgIpc) is 3.97. The summed E-state index contributed by atoms with van der Waals surface area (Å²) in [5.41, 5.74) is 18.1. The van der Waals surface area contributed by atoms with Gasteiger partial charge in [0.1, 0.15) is 5.69 Å². The molecule has 2 N–H and O–H groups in total. The van der Waals surface area contributed by atoms with Gasteiger partial charge in [0.25, 0.3) is 0 Å². The molecule has 0 bridgehead atoms. The zero-order chi connectivity index (χ0) is 37.0. The van der Waals surface area contributed by atoms with Gasteiger partial charge >= 0.3 is 0 Å². The number of para-hydroxylation sites is 8. The number of rotatable bonds is 6. The number of nitrogens with one attached hydrogen (secondary N) is 2. The van der Waals surface area contributed by atoms with Gasteiger partial charge in [-0.15, -0.1) is 10.6 Å². The molecule has 0 unspecified atom stereocenters. The quantitative estimate of drug-likeness (QED) is 0.174. The molecule has 268 valence electrons. The summed E-state index contributed by atoms with van der Waals surface area (Å²) in [4.78, 5) is 4.45. The molecule has 7 aromatic carbocycles. The van der Waals surface area contributed by atoms with Crippen molar-refractivity contribution in [2.45, 2.75) is 0 Å². The van der Waals surface area contributed by atoms with Crippen LogP contribution in [0.5, 0.6) is 23.0 Å². The van der Waals surface area contributed by atoms with Crippen molar-refractivity contribution in [2.75, 3.05) is 14.8 Å². The van der Waals surface area contributed by atoms with Gasteiger partial charge in [0.15, 0.2) is 23.0 Å². The molecule has 0 fully saturated rings. The zero-order valence-corrected chi connectivity index (χ0v) is 29.8. The summed E-state index contributed by atoms with van der Waals surface area (Å²) in [5, 5.41) is 11.1. The predicted molar refractivity (Wildman–Crippen MR) is 219 cm³/mol. The van der Waals surface area contributed by atoms with Crippen molar-refractivity contribution < 1.29 is 9.47 Å². The third-order valence-electron chi connectivity index (χ3n) is 10.1. The van der Waals surface area contributed by atoms with Crippen LogP contribution in [0.25, 0.3) is 22.6 Å². The molecular formula is C46H32N8O2. The van der Waals surface area contributed by atoms with E-state index in [2.05, 4.69) is 116 Å². The van der Waals surface area contributed by atoms with Crippen molar-refractivity contribution in [2.24, 2.45) is 0 Å². The molecular weight excluding hydrogens is 697 g/mol. The maximum Gasteiger partial charge on any atom is 0.151 e. The highest BCUT2D eigenvalue weighted by Gasteiger charge is 2.27. The lowest BCUT2D eigenvalue weighted by atomic mass is 10.1. The van der Waals surface area contributed by atoms with Gasteiger partial charge in [0, 0.05) is 28.7 Å². The van der Waals surface area contributed by atoms with Gasteiger partial charge in [-0.1, -0.05) is 84.1 Å². The molecule has 11 rings (SSSR count). The first-order chi connectivity index (χ1) is 27.7. The lowest BCUT2D eigenvalue weighted by molar-refractivity contribution is 0.476. The number of hydrogen-bond acceptors (Lipinski definition) is 9. The van der Waals surface area contributed by atoms with Crippen molar-refractivity contribution in [1.82, 2.24) is 26.0 Å². The number of anilines is 7. The van der Waals surface area contributed by atoms with Crippen LogP contribution < -0.4 is 35.2 Å². The average molecular weight is 729 g/mol. The van der Waals surface area contributed by atoms with Gasteiger partial charge < -0.3 is 24.7 Å². The Bertz CT molecular complexity index is 2740. The van der Waals surface area contributed by atoms with E-state index >= 15 is 0 Å². The fraction of sp³-hybridized carbons (Fsp3) is 0. The van der Waals surface area contributed by atoms with Gasteiger partial charge in [-0.05, 0) is 91.0 Å². The highest BCUT2D eigenvalue weighted by Crippen LogP contribution is 2.51.